The van der Waals surface area contributed by atoms with Crippen LogP contribution in [-0.4, -0.2) is 5.11 Å². The van der Waals surface area contributed by atoms with Gasteiger partial charge in [-0.05, 0) is 42.9 Å². The van der Waals surface area contributed by atoms with E-state index in [9.17, 15) is 5.11 Å². The Morgan fingerprint density at radius 1 is 1.06 bits per heavy atom. The lowest BCUT2D eigenvalue weighted by Crippen LogP contribution is -1.99. The van der Waals surface area contributed by atoms with E-state index >= 15 is 0 Å². The Labute approximate surface area is 106 Å². The molecule has 0 bridgehead atoms. The standard InChI is InChI=1S/C16H26O/c1-4-6-7-9-14(8-5-2)15-10-11-16(17)13(3)12-15/h10-12,14,17H,4-9H2,1-3H3. The van der Waals surface area contributed by atoms with E-state index in [1.165, 1.54) is 44.1 Å². The molecule has 1 rings (SSSR count). The van der Waals surface area contributed by atoms with Crippen molar-refractivity contribution in [3.05, 3.63) is 29.3 Å². The van der Waals surface area contributed by atoms with Gasteiger partial charge in [0.2, 0.25) is 0 Å². The Kier molecular flexibility index (Phi) is 6.10. The highest BCUT2D eigenvalue weighted by atomic mass is 16.3. The van der Waals surface area contributed by atoms with Gasteiger partial charge in [0, 0.05) is 0 Å². The number of phenolic OH excluding ortho intramolecular Hbond substituents is 1. The maximum atomic E-state index is 9.57. The van der Waals surface area contributed by atoms with Crippen LogP contribution in [0.4, 0.5) is 0 Å². The molecule has 0 fully saturated rings. The van der Waals surface area contributed by atoms with Gasteiger partial charge in [-0.15, -0.1) is 0 Å². The van der Waals surface area contributed by atoms with Crippen molar-refractivity contribution in [1.82, 2.24) is 0 Å². The first-order valence-electron chi connectivity index (χ1n) is 6.98. The zero-order valence-corrected chi connectivity index (χ0v) is 11.5. The fraction of sp³-hybridized carbons (Fsp3) is 0.625. The van der Waals surface area contributed by atoms with Crippen molar-refractivity contribution in [2.24, 2.45) is 0 Å². The fourth-order valence-corrected chi connectivity index (χ4v) is 2.40. The summed E-state index contributed by atoms with van der Waals surface area (Å²) < 4.78 is 0. The van der Waals surface area contributed by atoms with Gasteiger partial charge in [0.25, 0.3) is 0 Å². The van der Waals surface area contributed by atoms with E-state index in [1.54, 1.807) is 0 Å². The summed E-state index contributed by atoms with van der Waals surface area (Å²) in [4.78, 5) is 0. The molecule has 1 aromatic rings. The summed E-state index contributed by atoms with van der Waals surface area (Å²) in [6.45, 7) is 6.48. The van der Waals surface area contributed by atoms with Crippen LogP contribution in [0.5, 0.6) is 5.75 Å². The molecule has 0 aliphatic carbocycles. The van der Waals surface area contributed by atoms with Crippen molar-refractivity contribution < 1.29 is 5.11 Å². The van der Waals surface area contributed by atoms with Crippen molar-refractivity contribution in [3.8, 4) is 5.75 Å². The number of hydrogen-bond acceptors (Lipinski definition) is 1. The van der Waals surface area contributed by atoms with Gasteiger partial charge in [-0.3, -0.25) is 0 Å². The molecule has 0 spiro atoms. The van der Waals surface area contributed by atoms with Crippen LogP contribution in [-0.2, 0) is 0 Å². The third kappa shape index (κ3) is 4.41. The Morgan fingerprint density at radius 2 is 1.82 bits per heavy atom. The lowest BCUT2D eigenvalue weighted by atomic mass is 9.88. The van der Waals surface area contributed by atoms with Crippen molar-refractivity contribution in [2.75, 3.05) is 0 Å². The van der Waals surface area contributed by atoms with E-state index in [4.69, 9.17) is 0 Å². The third-order valence-electron chi connectivity index (χ3n) is 3.49. The van der Waals surface area contributed by atoms with E-state index in [-0.39, 0.29) is 0 Å². The van der Waals surface area contributed by atoms with Crippen LogP contribution >= 0.6 is 0 Å². The molecule has 0 aliphatic rings. The summed E-state index contributed by atoms with van der Waals surface area (Å²) in [6.07, 6.45) is 7.71. The first-order chi connectivity index (χ1) is 8.19. The third-order valence-corrected chi connectivity index (χ3v) is 3.49. The Hall–Kier alpha value is -0.980. The molecule has 0 aromatic heterocycles. The Balaban J connectivity index is 2.70. The van der Waals surface area contributed by atoms with E-state index in [0.717, 1.165) is 5.56 Å². The van der Waals surface area contributed by atoms with Gasteiger partial charge in [-0.1, -0.05) is 51.7 Å². The summed E-state index contributed by atoms with van der Waals surface area (Å²) in [5, 5.41) is 9.57. The summed E-state index contributed by atoms with van der Waals surface area (Å²) in [5.74, 6) is 1.09. The predicted molar refractivity (Wildman–Crippen MR) is 74.6 cm³/mol. The molecular weight excluding hydrogens is 208 g/mol. The lowest BCUT2D eigenvalue weighted by Gasteiger charge is -2.17. The number of aryl methyl sites for hydroxylation is 1. The average Bonchev–Trinajstić information content (AvgIpc) is 2.32. The largest absolute Gasteiger partial charge is 0.508 e. The SMILES string of the molecule is CCCCCC(CCC)c1ccc(O)c(C)c1. The van der Waals surface area contributed by atoms with Gasteiger partial charge >= 0.3 is 0 Å². The molecule has 1 nitrogen and oxygen atoms in total. The molecule has 0 saturated carbocycles. The van der Waals surface area contributed by atoms with Crippen molar-refractivity contribution in [1.29, 1.82) is 0 Å². The normalized spacial score (nSPS) is 12.6. The molecule has 1 aromatic carbocycles. The molecule has 0 amide bonds. The number of aromatic hydroxyl groups is 1. The summed E-state index contributed by atoms with van der Waals surface area (Å²) in [5.41, 5.74) is 2.40. The molecule has 1 heteroatoms. The van der Waals surface area contributed by atoms with Gasteiger partial charge in [0.05, 0.1) is 0 Å². The highest BCUT2D eigenvalue weighted by Gasteiger charge is 2.11. The molecule has 17 heavy (non-hydrogen) atoms. The monoisotopic (exact) mass is 234 g/mol. The highest BCUT2D eigenvalue weighted by Crippen LogP contribution is 2.30. The van der Waals surface area contributed by atoms with Crippen LogP contribution in [0.15, 0.2) is 18.2 Å². The smallest absolute Gasteiger partial charge is 0.118 e. The van der Waals surface area contributed by atoms with Gasteiger partial charge < -0.3 is 5.11 Å². The van der Waals surface area contributed by atoms with Gasteiger partial charge in [0.15, 0.2) is 0 Å². The lowest BCUT2D eigenvalue weighted by molar-refractivity contribution is 0.469. The van der Waals surface area contributed by atoms with Crippen LogP contribution in [0.25, 0.3) is 0 Å². The molecule has 96 valence electrons. The van der Waals surface area contributed by atoms with Crippen molar-refractivity contribution >= 4 is 0 Å². The number of rotatable bonds is 7. The zero-order chi connectivity index (χ0) is 12.7. The second kappa shape index (κ2) is 7.37. The molecule has 1 unspecified atom stereocenters. The van der Waals surface area contributed by atoms with Crippen LogP contribution in [0.2, 0.25) is 0 Å². The minimum Gasteiger partial charge on any atom is -0.508 e. The minimum absolute atomic E-state index is 0.414. The molecular formula is C16H26O. The number of unbranched alkanes of at least 4 members (excludes halogenated alkanes) is 2. The number of benzene rings is 1. The van der Waals surface area contributed by atoms with E-state index in [0.29, 0.717) is 11.7 Å². The molecule has 1 N–H and O–H groups in total. The second-order valence-corrected chi connectivity index (χ2v) is 5.03. The number of phenols is 1. The van der Waals surface area contributed by atoms with Crippen LogP contribution < -0.4 is 0 Å². The first-order valence-corrected chi connectivity index (χ1v) is 6.98. The maximum Gasteiger partial charge on any atom is 0.118 e. The van der Waals surface area contributed by atoms with Gasteiger partial charge in [-0.2, -0.15) is 0 Å². The first kappa shape index (κ1) is 14.1. The molecule has 0 saturated heterocycles. The average molecular weight is 234 g/mol. The van der Waals surface area contributed by atoms with Gasteiger partial charge in [-0.25, -0.2) is 0 Å². The molecule has 1 atom stereocenters. The quantitative estimate of drug-likeness (QED) is 0.646. The minimum atomic E-state index is 0.414. The van der Waals surface area contributed by atoms with Gasteiger partial charge in [0.1, 0.15) is 5.75 Å². The molecule has 0 radical (unpaired) electrons. The second-order valence-electron chi connectivity index (χ2n) is 5.03. The fourth-order valence-electron chi connectivity index (χ4n) is 2.40. The molecule has 0 aliphatic heterocycles. The van der Waals surface area contributed by atoms with E-state index in [1.807, 2.05) is 13.0 Å². The van der Waals surface area contributed by atoms with E-state index in [2.05, 4.69) is 26.0 Å². The molecule has 0 heterocycles. The van der Waals surface area contributed by atoms with Crippen LogP contribution in [0.3, 0.4) is 0 Å². The Morgan fingerprint density at radius 3 is 2.41 bits per heavy atom. The van der Waals surface area contributed by atoms with Crippen molar-refractivity contribution in [2.45, 2.75) is 65.2 Å². The summed E-state index contributed by atoms with van der Waals surface area (Å²) in [6, 6.07) is 6.09. The summed E-state index contributed by atoms with van der Waals surface area (Å²) >= 11 is 0. The highest BCUT2D eigenvalue weighted by molar-refractivity contribution is 5.36. The Bertz CT molecular complexity index is 330. The van der Waals surface area contributed by atoms with Crippen molar-refractivity contribution in [3.63, 3.8) is 0 Å². The topological polar surface area (TPSA) is 20.2 Å². The van der Waals surface area contributed by atoms with Crippen LogP contribution in [0, 0.1) is 6.92 Å². The summed E-state index contributed by atoms with van der Waals surface area (Å²) in [7, 11) is 0. The number of hydrogen-bond donors (Lipinski definition) is 1. The van der Waals surface area contributed by atoms with Crippen LogP contribution in [0.1, 0.15) is 69.4 Å². The zero-order valence-electron chi connectivity index (χ0n) is 11.5. The predicted octanol–water partition coefficient (Wildman–Crippen LogP) is 5.16. The van der Waals surface area contributed by atoms with E-state index < -0.39 is 0 Å². The maximum absolute atomic E-state index is 9.57.